The Bertz CT molecular complexity index is 778. The zero-order valence-corrected chi connectivity index (χ0v) is 12.5. The largest absolute Gasteiger partial charge is 0.618 e. The summed E-state index contributed by atoms with van der Waals surface area (Å²) < 4.78 is 6.80. The number of rotatable bonds is 1. The SMILES string of the molecule is CC1(C)CC(c2ccc(N)c[n+]2[O-])c2cc(C#N)ccc2O1. The minimum absolute atomic E-state index is 0.134. The zero-order valence-electron chi connectivity index (χ0n) is 12.5. The lowest BCUT2D eigenvalue weighted by molar-refractivity contribution is -0.614. The molecule has 1 aromatic carbocycles. The second-order valence-corrected chi connectivity index (χ2v) is 6.20. The molecule has 22 heavy (non-hydrogen) atoms. The van der Waals surface area contributed by atoms with Crippen LogP contribution >= 0.6 is 0 Å². The van der Waals surface area contributed by atoms with Gasteiger partial charge in [0.05, 0.1) is 23.2 Å². The second kappa shape index (κ2) is 4.92. The Labute approximate surface area is 129 Å². The van der Waals surface area contributed by atoms with Crippen molar-refractivity contribution in [2.75, 3.05) is 5.73 Å². The molecule has 0 spiro atoms. The van der Waals surface area contributed by atoms with Crippen molar-refractivity contribution in [3.8, 4) is 11.8 Å². The van der Waals surface area contributed by atoms with Crippen molar-refractivity contribution in [2.24, 2.45) is 0 Å². The van der Waals surface area contributed by atoms with Gasteiger partial charge in [-0.3, -0.25) is 0 Å². The first-order chi connectivity index (χ1) is 10.4. The first-order valence-corrected chi connectivity index (χ1v) is 7.11. The number of ether oxygens (including phenoxy) is 1. The molecule has 112 valence electrons. The quantitative estimate of drug-likeness (QED) is 0.647. The highest BCUT2D eigenvalue weighted by atomic mass is 16.5. The molecule has 0 radical (unpaired) electrons. The van der Waals surface area contributed by atoms with Crippen LogP contribution in [0.2, 0.25) is 0 Å². The number of nitriles is 1. The number of pyridine rings is 1. The fourth-order valence-electron chi connectivity index (χ4n) is 2.97. The van der Waals surface area contributed by atoms with Crippen LogP contribution in [0.3, 0.4) is 0 Å². The summed E-state index contributed by atoms with van der Waals surface area (Å²) in [5.41, 5.74) is 7.74. The van der Waals surface area contributed by atoms with E-state index in [-0.39, 0.29) is 11.5 Å². The predicted molar refractivity (Wildman–Crippen MR) is 82.1 cm³/mol. The summed E-state index contributed by atoms with van der Waals surface area (Å²) in [4.78, 5) is 0. The fourth-order valence-corrected chi connectivity index (χ4v) is 2.97. The normalized spacial score (nSPS) is 18.9. The number of nitrogens with two attached hydrogens (primary N) is 1. The molecule has 0 saturated heterocycles. The van der Waals surface area contributed by atoms with Gasteiger partial charge in [0, 0.05) is 18.1 Å². The molecule has 1 aliphatic heterocycles. The first-order valence-electron chi connectivity index (χ1n) is 7.11. The van der Waals surface area contributed by atoms with Crippen LogP contribution in [0.1, 0.15) is 43.0 Å². The maximum Gasteiger partial charge on any atom is 0.203 e. The lowest BCUT2D eigenvalue weighted by Gasteiger charge is -2.36. The molecule has 0 bridgehead atoms. The topological polar surface area (TPSA) is 86.0 Å². The molecular formula is C17H17N3O2. The van der Waals surface area contributed by atoms with Crippen molar-refractivity contribution in [1.82, 2.24) is 0 Å². The summed E-state index contributed by atoms with van der Waals surface area (Å²) in [5, 5.41) is 21.4. The number of fused-ring (bicyclic) bond motifs is 1. The maximum absolute atomic E-state index is 12.2. The Morgan fingerprint density at radius 3 is 2.82 bits per heavy atom. The Balaban J connectivity index is 2.17. The molecule has 5 heteroatoms. The summed E-state index contributed by atoms with van der Waals surface area (Å²) >= 11 is 0. The van der Waals surface area contributed by atoms with E-state index in [9.17, 15) is 5.21 Å². The Hall–Kier alpha value is -2.74. The summed E-state index contributed by atoms with van der Waals surface area (Å²) in [6.45, 7) is 3.99. The predicted octanol–water partition coefficient (Wildman–Crippen LogP) is 2.47. The van der Waals surface area contributed by atoms with E-state index in [0.717, 1.165) is 16.0 Å². The van der Waals surface area contributed by atoms with Gasteiger partial charge < -0.3 is 15.7 Å². The number of benzene rings is 1. The summed E-state index contributed by atoms with van der Waals surface area (Å²) in [6.07, 6.45) is 2.02. The highest BCUT2D eigenvalue weighted by Crippen LogP contribution is 2.43. The number of hydrogen-bond donors (Lipinski definition) is 1. The fraction of sp³-hybridized carbons (Fsp3) is 0.294. The highest BCUT2D eigenvalue weighted by Gasteiger charge is 2.38. The molecule has 1 aromatic heterocycles. The summed E-state index contributed by atoms with van der Waals surface area (Å²) in [6, 6.07) is 10.9. The van der Waals surface area contributed by atoms with Crippen molar-refractivity contribution in [2.45, 2.75) is 31.8 Å². The van der Waals surface area contributed by atoms with Crippen molar-refractivity contribution in [3.05, 3.63) is 58.6 Å². The molecule has 2 heterocycles. The number of nitrogens with zero attached hydrogens (tertiary/aromatic N) is 2. The number of anilines is 1. The number of hydrogen-bond acceptors (Lipinski definition) is 4. The molecule has 3 rings (SSSR count). The lowest BCUT2D eigenvalue weighted by atomic mass is 9.81. The summed E-state index contributed by atoms with van der Waals surface area (Å²) in [5.74, 6) is 0.585. The average Bonchev–Trinajstić information content (AvgIpc) is 2.45. The van der Waals surface area contributed by atoms with E-state index >= 15 is 0 Å². The van der Waals surface area contributed by atoms with E-state index in [4.69, 9.17) is 15.7 Å². The van der Waals surface area contributed by atoms with Gasteiger partial charge in [-0.1, -0.05) is 0 Å². The molecule has 1 unspecified atom stereocenters. The molecule has 0 fully saturated rings. The molecule has 0 aliphatic carbocycles. The van der Waals surface area contributed by atoms with E-state index in [1.54, 1.807) is 30.3 Å². The summed E-state index contributed by atoms with van der Waals surface area (Å²) in [7, 11) is 0. The molecule has 5 nitrogen and oxygen atoms in total. The standard InChI is InChI=1S/C17H17N3O2/c1-17(2)8-14(15-5-4-12(19)10-20(15)21)13-7-11(9-18)3-6-16(13)22-17/h3-7,10,14H,8,19H2,1-2H3. The molecule has 1 aliphatic rings. The smallest absolute Gasteiger partial charge is 0.203 e. The third kappa shape index (κ3) is 2.44. The van der Waals surface area contributed by atoms with Gasteiger partial charge in [-0.2, -0.15) is 9.99 Å². The van der Waals surface area contributed by atoms with E-state index in [0.29, 0.717) is 23.4 Å². The maximum atomic E-state index is 12.2. The van der Waals surface area contributed by atoms with Gasteiger partial charge >= 0.3 is 0 Å². The number of nitrogen functional groups attached to an aromatic ring is 1. The Kier molecular flexibility index (Phi) is 3.18. The van der Waals surface area contributed by atoms with Crippen LogP contribution in [-0.2, 0) is 0 Å². The Morgan fingerprint density at radius 1 is 1.36 bits per heavy atom. The van der Waals surface area contributed by atoms with E-state index < -0.39 is 0 Å². The third-order valence-electron chi connectivity index (χ3n) is 3.92. The van der Waals surface area contributed by atoms with Gasteiger partial charge in [-0.05, 0) is 38.1 Å². The minimum Gasteiger partial charge on any atom is -0.618 e. The lowest BCUT2D eigenvalue weighted by Crippen LogP contribution is -2.40. The monoisotopic (exact) mass is 295 g/mol. The van der Waals surface area contributed by atoms with Crippen LogP contribution in [0.25, 0.3) is 0 Å². The van der Waals surface area contributed by atoms with E-state index in [2.05, 4.69) is 6.07 Å². The van der Waals surface area contributed by atoms with E-state index in [1.807, 2.05) is 13.8 Å². The van der Waals surface area contributed by atoms with Crippen molar-refractivity contribution >= 4 is 5.69 Å². The molecule has 1 atom stereocenters. The van der Waals surface area contributed by atoms with Crippen molar-refractivity contribution in [3.63, 3.8) is 0 Å². The minimum atomic E-state index is -0.389. The zero-order chi connectivity index (χ0) is 15.9. The van der Waals surface area contributed by atoms with E-state index in [1.165, 1.54) is 6.20 Å². The van der Waals surface area contributed by atoms with Crippen molar-refractivity contribution in [1.29, 1.82) is 5.26 Å². The van der Waals surface area contributed by atoms with Gasteiger partial charge in [0.15, 0.2) is 0 Å². The molecule has 2 aromatic rings. The highest BCUT2D eigenvalue weighted by molar-refractivity contribution is 5.48. The van der Waals surface area contributed by atoms with Gasteiger partial charge in [0.2, 0.25) is 11.9 Å². The first kappa shape index (κ1) is 14.2. The van der Waals surface area contributed by atoms with Gasteiger partial charge in [0.1, 0.15) is 11.4 Å². The van der Waals surface area contributed by atoms with Crippen LogP contribution in [0.4, 0.5) is 5.69 Å². The Morgan fingerprint density at radius 2 is 2.14 bits per heavy atom. The van der Waals surface area contributed by atoms with Gasteiger partial charge in [0.25, 0.3) is 0 Å². The second-order valence-electron chi connectivity index (χ2n) is 6.20. The molecule has 0 saturated carbocycles. The number of aromatic nitrogens is 1. The van der Waals surface area contributed by atoms with Gasteiger partial charge in [-0.25, -0.2) is 0 Å². The van der Waals surface area contributed by atoms with Crippen LogP contribution in [0.15, 0.2) is 36.5 Å². The van der Waals surface area contributed by atoms with Crippen molar-refractivity contribution < 1.29 is 9.47 Å². The molecular weight excluding hydrogens is 278 g/mol. The molecule has 2 N–H and O–H groups in total. The van der Waals surface area contributed by atoms with Crippen LogP contribution < -0.4 is 15.2 Å². The average molecular weight is 295 g/mol. The van der Waals surface area contributed by atoms with Crippen LogP contribution in [0.5, 0.6) is 5.75 Å². The third-order valence-corrected chi connectivity index (χ3v) is 3.92. The van der Waals surface area contributed by atoms with Gasteiger partial charge in [-0.15, -0.1) is 0 Å². The van der Waals surface area contributed by atoms with Crippen LogP contribution in [-0.4, -0.2) is 5.60 Å². The van der Waals surface area contributed by atoms with Crippen LogP contribution in [0, 0.1) is 16.5 Å². The molecule has 0 amide bonds.